The van der Waals surface area contributed by atoms with Gasteiger partial charge in [-0.2, -0.15) is 0 Å². The highest BCUT2D eigenvalue weighted by Gasteiger charge is 2.08. The van der Waals surface area contributed by atoms with Gasteiger partial charge in [0.1, 0.15) is 11.5 Å². The Labute approximate surface area is 266 Å². The first-order valence-electron chi connectivity index (χ1n) is 14.9. The summed E-state index contributed by atoms with van der Waals surface area (Å²) in [5.74, 6) is 6.30. The van der Waals surface area contributed by atoms with Crippen LogP contribution in [0.25, 0.3) is 0 Å². The summed E-state index contributed by atoms with van der Waals surface area (Å²) >= 11 is 1.56. The van der Waals surface area contributed by atoms with Crippen LogP contribution < -0.4 is 5.32 Å². The lowest BCUT2D eigenvalue weighted by Crippen LogP contribution is -2.13. The molecule has 0 radical (unpaired) electrons. The zero-order valence-electron chi connectivity index (χ0n) is 27.5. The number of ketones is 1. The van der Waals surface area contributed by atoms with Gasteiger partial charge in [-0.3, -0.25) is 14.2 Å². The lowest BCUT2D eigenvalue weighted by Gasteiger charge is -2.07. The van der Waals surface area contributed by atoms with E-state index in [-0.39, 0.29) is 25.8 Å². The van der Waals surface area contributed by atoms with E-state index < -0.39 is 0 Å². The molecule has 0 unspecified atom stereocenters. The highest BCUT2D eigenvalue weighted by Crippen LogP contribution is 2.16. The van der Waals surface area contributed by atoms with E-state index in [2.05, 4.69) is 54.8 Å². The number of benzene rings is 1. The van der Waals surface area contributed by atoms with Gasteiger partial charge in [0.15, 0.2) is 0 Å². The minimum absolute atomic E-state index is 0. The van der Waals surface area contributed by atoms with Gasteiger partial charge in [0.05, 0.1) is 22.8 Å². The monoisotopic (exact) mass is 613 g/mol. The van der Waals surface area contributed by atoms with Crippen molar-refractivity contribution in [2.75, 3.05) is 12.0 Å². The van der Waals surface area contributed by atoms with E-state index in [1.165, 1.54) is 39.0 Å². The van der Waals surface area contributed by atoms with E-state index in [4.69, 9.17) is 0 Å². The third-order valence-corrected chi connectivity index (χ3v) is 6.12. The van der Waals surface area contributed by atoms with Crippen LogP contribution in [-0.2, 0) is 4.79 Å². The number of anilines is 1. The molecule has 0 fully saturated rings. The Kier molecular flexibility index (Phi) is 29.5. The molecule has 2 heterocycles. The number of hydrogen-bond acceptors (Lipinski definition) is 5. The molecule has 43 heavy (non-hydrogen) atoms. The van der Waals surface area contributed by atoms with E-state index in [1.54, 1.807) is 36.7 Å². The molecule has 0 spiro atoms. The fraction of sp³-hybridized carbons (Fsp3) is 0.500. The van der Waals surface area contributed by atoms with Crippen LogP contribution in [0.4, 0.5) is 10.1 Å². The summed E-state index contributed by atoms with van der Waals surface area (Å²) in [5.41, 5.74) is 4.02. The molecule has 2 aromatic heterocycles. The predicted molar refractivity (Wildman–Crippen MR) is 186 cm³/mol. The van der Waals surface area contributed by atoms with Gasteiger partial charge in [0.2, 0.25) is 0 Å². The molecule has 240 valence electrons. The normalized spacial score (nSPS) is 8.81. The van der Waals surface area contributed by atoms with Crippen molar-refractivity contribution in [2.45, 2.75) is 115 Å². The standard InChI is InChI=1S/C20H17N3OS.C5H12.C4H8O.C4H10.C2H5F.CH4/c1-13-8-9-21-19(10-13)20(24)23-17-6-4-14(2)16(11-17)5-7-18-12-22-15(3)25-18;1-3-5-4-2;1-3-4(2)5;1-3-4-2;1-2-3;/h4,6,8-12H,1-3H3,(H,23,24);3-5H2,1-2H3;3H2,1-2H3;3-4H2,1-2H3;2H2,1H3;1H4. The second kappa shape index (κ2) is 28.7. The average molecular weight is 614 g/mol. The Morgan fingerprint density at radius 2 is 1.47 bits per heavy atom. The molecule has 3 rings (SSSR count). The van der Waals surface area contributed by atoms with Crippen LogP contribution in [0.1, 0.15) is 131 Å². The van der Waals surface area contributed by atoms with Gasteiger partial charge in [-0.15, -0.1) is 11.3 Å². The smallest absolute Gasteiger partial charge is 0.274 e. The van der Waals surface area contributed by atoms with Crippen molar-refractivity contribution in [1.82, 2.24) is 9.97 Å². The van der Waals surface area contributed by atoms with Gasteiger partial charge in [-0.05, 0) is 75.9 Å². The lowest BCUT2D eigenvalue weighted by atomic mass is 10.1. The number of unbranched alkanes of at least 4 members (excludes halogenated alkanes) is 3. The lowest BCUT2D eigenvalue weighted by molar-refractivity contribution is -0.116. The van der Waals surface area contributed by atoms with E-state index in [0.717, 1.165) is 26.6 Å². The Morgan fingerprint density at radius 3 is 1.88 bits per heavy atom. The number of alkyl halides is 1. The molecule has 5 nitrogen and oxygen atoms in total. The maximum Gasteiger partial charge on any atom is 0.274 e. The van der Waals surface area contributed by atoms with Crippen LogP contribution in [-0.4, -0.2) is 28.3 Å². The SMILES string of the molecule is C.CCC(C)=O.CCCC.CCCCC.CCF.Cc1ccnc(C(=O)Nc2ccc(C)c(C#Cc3cnc(C)s3)c2)c1. The number of aromatic nitrogens is 2. The summed E-state index contributed by atoms with van der Waals surface area (Å²) < 4.78 is 10.3. The minimum Gasteiger partial charge on any atom is -0.321 e. The quantitative estimate of drug-likeness (QED) is 0.281. The second-order valence-electron chi connectivity index (χ2n) is 9.37. The number of carbonyl (C=O) groups excluding carboxylic acids is 2. The summed E-state index contributed by atoms with van der Waals surface area (Å²) in [7, 11) is 0. The number of rotatable bonds is 6. The number of Topliss-reactive ketones (excluding diaryl/α,β-unsaturated/α-hetero) is 1. The van der Waals surface area contributed by atoms with E-state index in [0.29, 0.717) is 17.8 Å². The summed E-state index contributed by atoms with van der Waals surface area (Å²) in [6, 6.07) is 9.31. The van der Waals surface area contributed by atoms with Gasteiger partial charge < -0.3 is 10.1 Å². The van der Waals surface area contributed by atoms with E-state index >= 15 is 0 Å². The number of thiazole rings is 1. The predicted octanol–water partition coefficient (Wildman–Crippen LogP) is 10.7. The first-order valence-corrected chi connectivity index (χ1v) is 15.7. The highest BCUT2D eigenvalue weighted by atomic mass is 32.1. The Hall–Kier alpha value is -3.37. The van der Waals surface area contributed by atoms with Crippen molar-refractivity contribution in [3.05, 3.63) is 75.0 Å². The van der Waals surface area contributed by atoms with Crippen molar-refractivity contribution in [2.24, 2.45) is 0 Å². The number of hydrogen-bond donors (Lipinski definition) is 1. The van der Waals surface area contributed by atoms with Crippen molar-refractivity contribution in [1.29, 1.82) is 0 Å². The zero-order chi connectivity index (χ0) is 32.3. The number of carbonyl (C=O) groups is 2. The fourth-order valence-corrected chi connectivity index (χ4v) is 3.22. The van der Waals surface area contributed by atoms with Crippen molar-refractivity contribution in [3.63, 3.8) is 0 Å². The average Bonchev–Trinajstić information content (AvgIpc) is 3.39. The number of nitrogens with zero attached hydrogens (tertiary/aromatic N) is 2. The molecule has 0 saturated carbocycles. The molecule has 0 aliphatic heterocycles. The summed E-state index contributed by atoms with van der Waals surface area (Å²) in [6.45, 7) is 19.3. The number of halogens is 1. The number of pyridine rings is 1. The number of aryl methyl sites for hydroxylation is 3. The van der Waals surface area contributed by atoms with Gasteiger partial charge in [0, 0.05) is 23.9 Å². The van der Waals surface area contributed by atoms with Crippen LogP contribution in [0.3, 0.4) is 0 Å². The number of amides is 1. The largest absolute Gasteiger partial charge is 0.321 e. The van der Waals surface area contributed by atoms with E-state index in [1.807, 2.05) is 52.0 Å². The maximum atomic E-state index is 12.3. The first kappa shape index (κ1) is 44.1. The molecule has 0 bridgehead atoms. The Balaban J connectivity index is -0.000000735. The van der Waals surface area contributed by atoms with Gasteiger partial charge in [-0.1, -0.05) is 86.1 Å². The summed E-state index contributed by atoms with van der Waals surface area (Å²) in [5, 5.41) is 3.87. The molecule has 3 aromatic rings. The third-order valence-electron chi connectivity index (χ3n) is 5.29. The van der Waals surface area contributed by atoms with Gasteiger partial charge >= 0.3 is 0 Å². The van der Waals surface area contributed by atoms with Crippen molar-refractivity contribution in [3.8, 4) is 11.8 Å². The van der Waals surface area contributed by atoms with Gasteiger partial charge in [-0.25, -0.2) is 4.98 Å². The fourth-order valence-electron chi connectivity index (χ4n) is 2.59. The molecular formula is C36H56FN3O2S. The van der Waals surface area contributed by atoms with Crippen LogP contribution in [0.2, 0.25) is 0 Å². The number of nitrogens with one attached hydrogen (secondary N) is 1. The van der Waals surface area contributed by atoms with Crippen molar-refractivity contribution >= 4 is 28.7 Å². The highest BCUT2D eigenvalue weighted by molar-refractivity contribution is 7.12. The Bertz CT molecular complexity index is 1210. The van der Waals surface area contributed by atoms with Crippen LogP contribution >= 0.6 is 11.3 Å². The molecule has 7 heteroatoms. The molecule has 0 aliphatic carbocycles. The topological polar surface area (TPSA) is 72.0 Å². The molecule has 0 aliphatic rings. The molecule has 0 saturated heterocycles. The van der Waals surface area contributed by atoms with Crippen molar-refractivity contribution < 1.29 is 14.0 Å². The van der Waals surface area contributed by atoms with Gasteiger partial charge in [0.25, 0.3) is 5.91 Å². The van der Waals surface area contributed by atoms with Crippen LogP contribution in [0.5, 0.6) is 0 Å². The molecule has 1 amide bonds. The Morgan fingerprint density at radius 1 is 0.884 bits per heavy atom. The third kappa shape index (κ3) is 23.8. The summed E-state index contributed by atoms with van der Waals surface area (Å²) in [6.07, 6.45) is 10.8. The molecule has 0 atom stereocenters. The minimum atomic E-state index is -0.250. The zero-order valence-corrected chi connectivity index (χ0v) is 28.3. The maximum absolute atomic E-state index is 12.3. The molecule has 1 N–H and O–H groups in total. The van der Waals surface area contributed by atoms with Crippen LogP contribution in [0, 0.1) is 32.6 Å². The molecular weight excluding hydrogens is 557 g/mol. The summed E-state index contributed by atoms with van der Waals surface area (Å²) in [4.78, 5) is 31.4. The molecule has 1 aromatic carbocycles. The van der Waals surface area contributed by atoms with E-state index in [9.17, 15) is 14.0 Å². The first-order chi connectivity index (χ1) is 20.0. The second-order valence-corrected chi connectivity index (χ2v) is 10.6. The van der Waals surface area contributed by atoms with Crippen LogP contribution in [0.15, 0.2) is 42.7 Å².